The zero-order chi connectivity index (χ0) is 35.6. The summed E-state index contributed by atoms with van der Waals surface area (Å²) in [6.45, 7) is 0. The van der Waals surface area contributed by atoms with Crippen LogP contribution < -0.4 is 0 Å². The van der Waals surface area contributed by atoms with Gasteiger partial charge >= 0.3 is 0 Å². The molecule has 0 aliphatic carbocycles. The molecule has 0 saturated carbocycles. The summed E-state index contributed by atoms with van der Waals surface area (Å²) >= 11 is 1.87. The maximum absolute atomic E-state index is 5.09. The van der Waals surface area contributed by atoms with Gasteiger partial charge in [-0.25, -0.2) is 4.98 Å². The zero-order valence-electron chi connectivity index (χ0n) is 29.3. The lowest BCUT2D eigenvalue weighted by Gasteiger charge is -2.19. The average Bonchev–Trinajstić information content (AvgIpc) is 3.82. The Hall–Kier alpha value is -6.81. The van der Waals surface area contributed by atoms with E-state index in [-0.39, 0.29) is 0 Å². The van der Waals surface area contributed by atoms with Crippen LogP contribution in [-0.2, 0) is 0 Å². The second-order valence-corrected chi connectivity index (χ2v) is 15.0. The van der Waals surface area contributed by atoms with Gasteiger partial charge in [0.25, 0.3) is 0 Å². The molecule has 54 heavy (non-hydrogen) atoms. The Morgan fingerprint density at radius 1 is 0.352 bits per heavy atom. The van der Waals surface area contributed by atoms with Gasteiger partial charge < -0.3 is 0 Å². The summed E-state index contributed by atoms with van der Waals surface area (Å²) in [7, 11) is 0. The van der Waals surface area contributed by atoms with Crippen molar-refractivity contribution < 1.29 is 0 Å². The number of fused-ring (bicyclic) bond motifs is 6. The van der Waals surface area contributed by atoms with Gasteiger partial charge in [-0.1, -0.05) is 146 Å². The van der Waals surface area contributed by atoms with E-state index in [0.717, 1.165) is 28.1 Å². The third-order valence-corrected chi connectivity index (χ3v) is 12.0. The van der Waals surface area contributed by atoms with Crippen molar-refractivity contribution in [1.29, 1.82) is 0 Å². The predicted molar refractivity (Wildman–Crippen MR) is 231 cm³/mol. The van der Waals surface area contributed by atoms with Gasteiger partial charge in [-0.3, -0.25) is 4.57 Å². The van der Waals surface area contributed by atoms with Crippen LogP contribution in [0.4, 0.5) is 0 Å². The second-order valence-electron chi connectivity index (χ2n) is 13.9. The third-order valence-electron chi connectivity index (χ3n) is 10.8. The number of rotatable bonds is 5. The fraction of sp³-hybridized carbons (Fsp3) is 0. The van der Waals surface area contributed by atoms with Crippen LogP contribution in [0.2, 0.25) is 0 Å². The Labute approximate surface area is 316 Å². The van der Waals surface area contributed by atoms with Crippen molar-refractivity contribution in [1.82, 2.24) is 9.55 Å². The third kappa shape index (κ3) is 4.90. The topological polar surface area (TPSA) is 17.8 Å². The Morgan fingerprint density at radius 2 is 0.907 bits per heavy atom. The van der Waals surface area contributed by atoms with E-state index < -0.39 is 0 Å². The summed E-state index contributed by atoms with van der Waals surface area (Å²) in [6.07, 6.45) is 0. The largest absolute Gasteiger partial charge is 0.292 e. The number of aromatic nitrogens is 2. The van der Waals surface area contributed by atoms with Crippen molar-refractivity contribution >= 4 is 64.1 Å². The number of imidazole rings is 1. The highest BCUT2D eigenvalue weighted by atomic mass is 32.1. The van der Waals surface area contributed by atoms with E-state index in [1.165, 1.54) is 75.1 Å². The molecular weight excluding hydrogens is 673 g/mol. The number of hydrogen-bond donors (Lipinski definition) is 0. The van der Waals surface area contributed by atoms with Crippen molar-refractivity contribution in [3.05, 3.63) is 194 Å². The molecular formula is C51H32N2S. The number of hydrogen-bond acceptors (Lipinski definition) is 2. The SMILES string of the molecule is c1ccc(-c2ccc3c(-c4ccc(-n5c(-c6ccccc6)nc6ccccc65)cc4)c4ccccc4c(-c4ccc5sc6ccccc6c5c4)c3c2)cc1. The maximum Gasteiger partial charge on any atom is 0.145 e. The predicted octanol–water partition coefficient (Wildman–Crippen LogP) is 14.4. The maximum atomic E-state index is 5.09. The first-order valence-corrected chi connectivity index (χ1v) is 19.2. The first-order chi connectivity index (χ1) is 26.8. The Morgan fingerprint density at radius 3 is 1.69 bits per heavy atom. The standard InChI is InChI=1S/C51H32N2S/c1-3-13-33(14-4-1)36-25-29-42-44(31-36)50(37-26-30-48-43(32-37)39-17-9-12-22-47(39)54-48)41-19-8-7-18-40(41)49(42)34-23-27-38(28-24-34)53-46-21-11-10-20-45(46)52-51(53)35-15-5-2-6-16-35/h1-32H. The van der Waals surface area contributed by atoms with Crippen molar-refractivity contribution in [2.45, 2.75) is 0 Å². The smallest absolute Gasteiger partial charge is 0.145 e. The zero-order valence-corrected chi connectivity index (χ0v) is 30.1. The molecule has 2 nitrogen and oxygen atoms in total. The average molecular weight is 705 g/mol. The van der Waals surface area contributed by atoms with Crippen molar-refractivity contribution in [3.63, 3.8) is 0 Å². The minimum atomic E-state index is 0.939. The van der Waals surface area contributed by atoms with Crippen molar-refractivity contribution in [2.75, 3.05) is 0 Å². The van der Waals surface area contributed by atoms with Gasteiger partial charge in [-0.15, -0.1) is 11.3 Å². The van der Waals surface area contributed by atoms with E-state index >= 15 is 0 Å². The van der Waals surface area contributed by atoms with E-state index in [4.69, 9.17) is 4.98 Å². The summed E-state index contributed by atoms with van der Waals surface area (Å²) in [6, 6.07) is 70.5. The molecule has 0 aliphatic rings. The van der Waals surface area contributed by atoms with Gasteiger partial charge in [0.15, 0.2) is 0 Å². The molecule has 3 heteroatoms. The molecule has 0 spiro atoms. The molecule has 0 atom stereocenters. The summed E-state index contributed by atoms with van der Waals surface area (Å²) in [5.74, 6) is 0.939. The molecule has 9 aromatic carbocycles. The molecule has 0 saturated heterocycles. The second kappa shape index (κ2) is 12.4. The quantitative estimate of drug-likeness (QED) is 0.163. The molecule has 0 bridgehead atoms. The molecule has 11 aromatic rings. The lowest BCUT2D eigenvalue weighted by atomic mass is 9.84. The van der Waals surface area contributed by atoms with Crippen LogP contribution in [0, 0.1) is 0 Å². The van der Waals surface area contributed by atoms with E-state index in [1.807, 2.05) is 11.3 Å². The molecule has 0 unspecified atom stereocenters. The highest BCUT2D eigenvalue weighted by molar-refractivity contribution is 7.25. The molecule has 252 valence electrons. The van der Waals surface area contributed by atoms with Crippen LogP contribution in [0.5, 0.6) is 0 Å². The lowest BCUT2D eigenvalue weighted by Crippen LogP contribution is -1.98. The highest BCUT2D eigenvalue weighted by Gasteiger charge is 2.20. The van der Waals surface area contributed by atoms with Crippen LogP contribution in [0.15, 0.2) is 194 Å². The van der Waals surface area contributed by atoms with Gasteiger partial charge in [0, 0.05) is 31.4 Å². The summed E-state index contributed by atoms with van der Waals surface area (Å²) in [4.78, 5) is 5.09. The van der Waals surface area contributed by atoms with E-state index in [9.17, 15) is 0 Å². The van der Waals surface area contributed by atoms with Gasteiger partial charge in [0.05, 0.1) is 11.0 Å². The van der Waals surface area contributed by atoms with E-state index in [2.05, 4.69) is 199 Å². The van der Waals surface area contributed by atoms with Crippen molar-refractivity contribution in [3.8, 4) is 50.5 Å². The minimum absolute atomic E-state index is 0.939. The van der Waals surface area contributed by atoms with Crippen LogP contribution >= 0.6 is 11.3 Å². The van der Waals surface area contributed by atoms with Crippen LogP contribution in [0.3, 0.4) is 0 Å². The molecule has 0 aliphatic heterocycles. The number of nitrogens with zero attached hydrogens (tertiary/aromatic N) is 2. The normalized spacial score (nSPS) is 11.7. The highest BCUT2D eigenvalue weighted by Crippen LogP contribution is 2.46. The van der Waals surface area contributed by atoms with Crippen LogP contribution in [0.25, 0.3) is 103 Å². The number of thiophene rings is 1. The molecule has 0 fully saturated rings. The van der Waals surface area contributed by atoms with Crippen LogP contribution in [0.1, 0.15) is 0 Å². The fourth-order valence-corrected chi connectivity index (χ4v) is 9.42. The Balaban J connectivity index is 1.16. The Bertz CT molecular complexity index is 3190. The van der Waals surface area contributed by atoms with E-state index in [1.54, 1.807) is 0 Å². The molecule has 0 N–H and O–H groups in total. The molecule has 0 amide bonds. The Kier molecular flexibility index (Phi) is 7.07. The molecule has 0 radical (unpaired) electrons. The van der Waals surface area contributed by atoms with Gasteiger partial charge in [-0.05, 0) is 103 Å². The molecule has 2 aromatic heterocycles. The van der Waals surface area contributed by atoms with Gasteiger partial charge in [0.1, 0.15) is 5.82 Å². The van der Waals surface area contributed by atoms with Crippen LogP contribution in [-0.4, -0.2) is 9.55 Å². The summed E-state index contributed by atoms with van der Waals surface area (Å²) in [5, 5.41) is 7.61. The number of benzene rings is 9. The van der Waals surface area contributed by atoms with Crippen molar-refractivity contribution in [2.24, 2.45) is 0 Å². The monoisotopic (exact) mass is 704 g/mol. The summed E-state index contributed by atoms with van der Waals surface area (Å²) in [5.41, 5.74) is 11.6. The van der Waals surface area contributed by atoms with Gasteiger partial charge in [0.2, 0.25) is 0 Å². The minimum Gasteiger partial charge on any atom is -0.292 e. The number of para-hydroxylation sites is 2. The lowest BCUT2D eigenvalue weighted by molar-refractivity contribution is 1.10. The van der Waals surface area contributed by atoms with Gasteiger partial charge in [-0.2, -0.15) is 0 Å². The molecule has 11 rings (SSSR count). The first-order valence-electron chi connectivity index (χ1n) is 18.4. The first kappa shape index (κ1) is 30.8. The molecule has 2 heterocycles. The summed E-state index contributed by atoms with van der Waals surface area (Å²) < 4.78 is 4.92. The van der Waals surface area contributed by atoms with E-state index in [0.29, 0.717) is 0 Å². The fourth-order valence-electron chi connectivity index (χ4n) is 8.34.